The highest BCUT2D eigenvalue weighted by Gasteiger charge is 2.47. The van der Waals surface area contributed by atoms with Gasteiger partial charge in [0.15, 0.2) is 0 Å². The fourth-order valence-corrected chi connectivity index (χ4v) is 4.03. The Labute approximate surface area is 124 Å². The number of aliphatic carboxylic acids is 1. The van der Waals surface area contributed by atoms with Gasteiger partial charge in [-0.25, -0.2) is 0 Å². The van der Waals surface area contributed by atoms with Gasteiger partial charge in [0.2, 0.25) is 5.91 Å². The molecule has 112 valence electrons. The summed E-state index contributed by atoms with van der Waals surface area (Å²) in [6.45, 7) is 1.98. The van der Waals surface area contributed by atoms with Crippen molar-refractivity contribution in [3.8, 4) is 0 Å². The van der Waals surface area contributed by atoms with E-state index in [2.05, 4.69) is 5.32 Å². The van der Waals surface area contributed by atoms with Gasteiger partial charge in [-0.1, -0.05) is 17.7 Å². The van der Waals surface area contributed by atoms with Crippen LogP contribution in [-0.2, 0) is 9.59 Å². The smallest absolute Gasteiger partial charge is 0.228 e. The summed E-state index contributed by atoms with van der Waals surface area (Å²) in [5.41, 5.74) is 1.85. The quantitative estimate of drug-likeness (QED) is 0.920. The molecule has 1 aromatic rings. The zero-order valence-corrected chi connectivity index (χ0v) is 12.2. The number of rotatable bonds is 3. The number of nitrogens with one attached hydrogen (secondary N) is 1. The van der Waals surface area contributed by atoms with Crippen LogP contribution in [0.3, 0.4) is 0 Å². The highest BCUT2D eigenvalue weighted by Crippen LogP contribution is 2.49. The highest BCUT2D eigenvalue weighted by molar-refractivity contribution is 5.95. The van der Waals surface area contributed by atoms with Gasteiger partial charge in [0.05, 0.1) is 0 Å². The first kappa shape index (κ1) is 14.1. The molecule has 0 aliphatic heterocycles. The monoisotopic (exact) mass is 286 g/mol. The number of carboxylic acids is 1. The van der Waals surface area contributed by atoms with Crippen LogP contribution in [0.25, 0.3) is 0 Å². The Balaban J connectivity index is 1.78. The summed E-state index contributed by atoms with van der Waals surface area (Å²) < 4.78 is 0. The molecule has 1 amide bonds. The van der Waals surface area contributed by atoms with Gasteiger partial charge < -0.3 is 15.2 Å². The molecule has 4 nitrogen and oxygen atoms in total. The second-order valence-electron chi connectivity index (χ2n) is 6.40. The molecule has 2 bridgehead atoms. The van der Waals surface area contributed by atoms with Crippen LogP contribution in [0.4, 0.5) is 5.69 Å². The van der Waals surface area contributed by atoms with Crippen LogP contribution >= 0.6 is 0 Å². The maximum Gasteiger partial charge on any atom is 0.228 e. The minimum absolute atomic E-state index is 0.105. The molecule has 1 aromatic carbocycles. The molecule has 0 saturated heterocycles. The van der Waals surface area contributed by atoms with Crippen molar-refractivity contribution in [1.82, 2.24) is 0 Å². The minimum Gasteiger partial charge on any atom is -0.550 e. The summed E-state index contributed by atoms with van der Waals surface area (Å²) >= 11 is 0. The number of aryl methyl sites for hydroxylation is 1. The van der Waals surface area contributed by atoms with Crippen LogP contribution in [0.2, 0.25) is 0 Å². The van der Waals surface area contributed by atoms with Gasteiger partial charge in [0, 0.05) is 23.5 Å². The molecule has 4 heteroatoms. The third-order valence-corrected chi connectivity index (χ3v) is 5.11. The average Bonchev–Trinajstić information content (AvgIpc) is 2.49. The van der Waals surface area contributed by atoms with Gasteiger partial charge >= 0.3 is 0 Å². The Morgan fingerprint density at radius 1 is 1.00 bits per heavy atom. The second kappa shape index (κ2) is 5.51. The predicted octanol–water partition coefficient (Wildman–Crippen LogP) is 1.74. The van der Waals surface area contributed by atoms with E-state index < -0.39 is 17.8 Å². The normalized spacial score (nSPS) is 30.9. The molecular weight excluding hydrogens is 266 g/mol. The molecule has 0 spiro atoms. The summed E-state index contributed by atoms with van der Waals surface area (Å²) in [7, 11) is 0. The number of carbonyl (C=O) groups excluding carboxylic acids is 2. The van der Waals surface area contributed by atoms with Crippen LogP contribution in [0.1, 0.15) is 31.2 Å². The Kier molecular flexibility index (Phi) is 3.70. The molecule has 0 aromatic heterocycles. The van der Waals surface area contributed by atoms with Crippen LogP contribution in [0, 0.1) is 30.6 Å². The van der Waals surface area contributed by atoms with E-state index in [0.29, 0.717) is 0 Å². The first-order chi connectivity index (χ1) is 10.1. The van der Waals surface area contributed by atoms with E-state index >= 15 is 0 Å². The largest absolute Gasteiger partial charge is 0.550 e. The van der Waals surface area contributed by atoms with Gasteiger partial charge in [0.25, 0.3) is 0 Å². The van der Waals surface area contributed by atoms with Crippen LogP contribution in [-0.4, -0.2) is 11.9 Å². The molecule has 3 saturated carbocycles. The molecular formula is C17H20NO3-. The first-order valence-corrected chi connectivity index (χ1v) is 7.64. The number of fused-ring (bicyclic) bond motifs is 3. The third kappa shape index (κ3) is 2.67. The molecule has 1 N–H and O–H groups in total. The molecule has 3 aliphatic carbocycles. The lowest BCUT2D eigenvalue weighted by molar-refractivity contribution is -0.318. The standard InChI is InChI=1S/C17H21NO3/c1-10-2-8-13(9-3-10)18-16(19)14-11-4-6-12(7-5-11)15(14)17(20)21/h2-3,8-9,11-12,14-15H,4-7H2,1H3,(H,18,19)(H,20,21)/p-1/t11?,12?,14-,15+/m0/s1. The van der Waals surface area contributed by atoms with Crippen molar-refractivity contribution >= 4 is 17.6 Å². The lowest BCUT2D eigenvalue weighted by Gasteiger charge is -2.48. The number of anilines is 1. The van der Waals surface area contributed by atoms with Crippen molar-refractivity contribution in [1.29, 1.82) is 0 Å². The molecule has 21 heavy (non-hydrogen) atoms. The maximum absolute atomic E-state index is 12.6. The topological polar surface area (TPSA) is 69.2 Å². The van der Waals surface area contributed by atoms with E-state index in [-0.39, 0.29) is 17.7 Å². The summed E-state index contributed by atoms with van der Waals surface area (Å²) in [5.74, 6) is -2.00. The lowest BCUT2D eigenvalue weighted by atomic mass is 9.58. The van der Waals surface area contributed by atoms with E-state index in [1.54, 1.807) is 0 Å². The van der Waals surface area contributed by atoms with Gasteiger partial charge in [-0.05, 0) is 56.6 Å². The van der Waals surface area contributed by atoms with Gasteiger partial charge in [-0.3, -0.25) is 4.79 Å². The molecule has 4 rings (SSSR count). The zero-order chi connectivity index (χ0) is 15.0. The van der Waals surface area contributed by atoms with Crippen molar-refractivity contribution in [3.05, 3.63) is 29.8 Å². The van der Waals surface area contributed by atoms with Crippen molar-refractivity contribution in [2.75, 3.05) is 5.32 Å². The molecule has 0 heterocycles. The van der Waals surface area contributed by atoms with Crippen molar-refractivity contribution in [3.63, 3.8) is 0 Å². The minimum atomic E-state index is -1.06. The summed E-state index contributed by atoms with van der Waals surface area (Å²) in [6.07, 6.45) is 3.75. The predicted molar refractivity (Wildman–Crippen MR) is 77.2 cm³/mol. The van der Waals surface area contributed by atoms with E-state index in [9.17, 15) is 14.7 Å². The SMILES string of the molecule is Cc1ccc(NC(=O)[C@H]2C3CCC(CC3)[C@H]2C(=O)[O-])cc1. The number of hydrogen-bond donors (Lipinski definition) is 1. The van der Waals surface area contributed by atoms with Crippen LogP contribution in [0.5, 0.6) is 0 Å². The fourth-order valence-electron chi connectivity index (χ4n) is 4.03. The number of hydrogen-bond acceptors (Lipinski definition) is 3. The van der Waals surface area contributed by atoms with Crippen molar-refractivity contribution in [2.24, 2.45) is 23.7 Å². The molecule has 0 radical (unpaired) electrons. The summed E-state index contributed by atoms with van der Waals surface area (Å²) in [4.78, 5) is 24.0. The Bertz CT molecular complexity index is 544. The molecule has 2 atom stereocenters. The Morgan fingerprint density at radius 3 is 2.05 bits per heavy atom. The third-order valence-electron chi connectivity index (χ3n) is 5.11. The van der Waals surface area contributed by atoms with Gasteiger partial charge in [-0.15, -0.1) is 0 Å². The van der Waals surface area contributed by atoms with Crippen LogP contribution < -0.4 is 10.4 Å². The van der Waals surface area contributed by atoms with E-state index in [4.69, 9.17) is 0 Å². The number of benzene rings is 1. The maximum atomic E-state index is 12.6. The van der Waals surface area contributed by atoms with E-state index in [1.165, 1.54) is 0 Å². The summed E-state index contributed by atoms with van der Waals surface area (Å²) in [6, 6.07) is 7.56. The van der Waals surface area contributed by atoms with E-state index in [0.717, 1.165) is 36.9 Å². The first-order valence-electron chi connectivity index (χ1n) is 7.64. The molecule has 0 unspecified atom stereocenters. The van der Waals surface area contributed by atoms with Crippen molar-refractivity contribution in [2.45, 2.75) is 32.6 Å². The average molecular weight is 286 g/mol. The molecule has 3 fully saturated rings. The Morgan fingerprint density at radius 2 is 1.52 bits per heavy atom. The van der Waals surface area contributed by atoms with Gasteiger partial charge in [0.1, 0.15) is 0 Å². The van der Waals surface area contributed by atoms with Crippen LogP contribution in [0.15, 0.2) is 24.3 Å². The highest BCUT2D eigenvalue weighted by atomic mass is 16.4. The summed E-state index contributed by atoms with van der Waals surface area (Å²) in [5, 5.41) is 14.3. The van der Waals surface area contributed by atoms with Gasteiger partial charge in [-0.2, -0.15) is 0 Å². The zero-order valence-electron chi connectivity index (χ0n) is 12.2. The molecule has 3 aliphatic rings. The number of carbonyl (C=O) groups is 2. The fraction of sp³-hybridized carbons (Fsp3) is 0.529. The lowest BCUT2D eigenvalue weighted by Crippen LogP contribution is -2.52. The van der Waals surface area contributed by atoms with E-state index in [1.807, 2.05) is 31.2 Å². The number of carboxylic acid groups (broad SMARTS) is 1. The Hall–Kier alpha value is -1.84. The second-order valence-corrected chi connectivity index (χ2v) is 6.40. The number of amides is 1. The van der Waals surface area contributed by atoms with Crippen molar-refractivity contribution < 1.29 is 14.7 Å².